The van der Waals surface area contributed by atoms with Gasteiger partial charge < -0.3 is 4.74 Å². The lowest BCUT2D eigenvalue weighted by molar-refractivity contribution is -0.0696. The van der Waals surface area contributed by atoms with Crippen molar-refractivity contribution in [1.29, 1.82) is 0 Å². The van der Waals surface area contributed by atoms with Gasteiger partial charge >= 0.3 is 6.18 Å². The highest BCUT2D eigenvalue weighted by Gasteiger charge is 2.24. The molecule has 28 heavy (non-hydrogen) atoms. The molecule has 4 rings (SSSR count). The van der Waals surface area contributed by atoms with Gasteiger partial charge in [0.2, 0.25) is 0 Å². The maximum atomic E-state index is 12.3. The zero-order valence-corrected chi connectivity index (χ0v) is 15.7. The Hall–Kier alpha value is -2.25. The van der Waals surface area contributed by atoms with Crippen LogP contribution in [0, 0.1) is 11.8 Å². The lowest BCUT2D eigenvalue weighted by Gasteiger charge is -2.30. The molecule has 1 saturated heterocycles. The van der Waals surface area contributed by atoms with Crippen LogP contribution in [0.4, 0.5) is 13.2 Å². The van der Waals surface area contributed by atoms with Crippen LogP contribution in [0.2, 0.25) is 0 Å². The molecule has 0 bridgehead atoms. The zero-order chi connectivity index (χ0) is 19.6. The Labute approximate surface area is 163 Å². The zero-order valence-electron chi connectivity index (χ0n) is 15.7. The lowest BCUT2D eigenvalue weighted by atomic mass is 9.81. The van der Waals surface area contributed by atoms with Gasteiger partial charge in [0.05, 0.1) is 6.10 Å². The van der Waals surface area contributed by atoms with Crippen molar-refractivity contribution >= 4 is 10.8 Å². The number of benzene rings is 2. The molecule has 146 valence electrons. The molecule has 1 heterocycles. The third kappa shape index (κ3) is 4.59. The fourth-order valence-corrected chi connectivity index (χ4v) is 4.22. The Balaban J connectivity index is 1.49. The Morgan fingerprint density at radius 2 is 1.79 bits per heavy atom. The summed E-state index contributed by atoms with van der Waals surface area (Å²) in [5.41, 5.74) is 3.14. The van der Waals surface area contributed by atoms with Crippen molar-refractivity contribution in [3.8, 4) is 11.8 Å². The number of hydrogen-bond acceptors (Lipinski definition) is 1. The van der Waals surface area contributed by atoms with Gasteiger partial charge in [-0.15, -0.1) is 0 Å². The summed E-state index contributed by atoms with van der Waals surface area (Å²) >= 11 is 0. The van der Waals surface area contributed by atoms with Gasteiger partial charge in [-0.2, -0.15) is 13.2 Å². The summed E-state index contributed by atoms with van der Waals surface area (Å²) in [5, 5.41) is 1.96. The number of ether oxygens (including phenoxy) is 1. The third-order valence-corrected chi connectivity index (χ3v) is 5.72. The Morgan fingerprint density at radius 3 is 2.50 bits per heavy atom. The van der Waals surface area contributed by atoms with E-state index in [4.69, 9.17) is 4.74 Å². The van der Waals surface area contributed by atoms with Gasteiger partial charge in [-0.3, -0.25) is 0 Å². The average molecular weight is 384 g/mol. The summed E-state index contributed by atoms with van der Waals surface area (Å²) in [5.74, 6) is 4.01. The number of halogens is 3. The maximum absolute atomic E-state index is 12.3. The average Bonchev–Trinajstić information content (AvgIpc) is 2.72. The second-order valence-corrected chi connectivity index (χ2v) is 7.67. The van der Waals surface area contributed by atoms with Gasteiger partial charge in [-0.1, -0.05) is 36.3 Å². The van der Waals surface area contributed by atoms with Crippen LogP contribution in [0.3, 0.4) is 0 Å². The summed E-state index contributed by atoms with van der Waals surface area (Å²) in [6.07, 6.45) is 5.02. The normalized spacial score (nSPS) is 23.0. The molecule has 2 aromatic rings. The fourth-order valence-electron chi connectivity index (χ4n) is 4.22. The Morgan fingerprint density at radius 1 is 0.964 bits per heavy atom. The van der Waals surface area contributed by atoms with Crippen molar-refractivity contribution in [2.45, 2.75) is 56.7 Å². The van der Waals surface area contributed by atoms with Crippen LogP contribution in [-0.2, 0) is 4.74 Å². The van der Waals surface area contributed by atoms with Gasteiger partial charge in [0.1, 0.15) is 0 Å². The van der Waals surface area contributed by atoms with Crippen molar-refractivity contribution < 1.29 is 17.9 Å². The molecule has 1 fully saturated rings. The van der Waals surface area contributed by atoms with Crippen LogP contribution < -0.4 is 0 Å². The number of alkyl halides is 3. The molecule has 0 amide bonds. The molecular formula is C24H23F3O. The van der Waals surface area contributed by atoms with Crippen molar-refractivity contribution in [3.05, 3.63) is 59.2 Å². The molecule has 0 N–H and O–H groups in total. The number of hydrogen-bond donors (Lipinski definition) is 0. The molecule has 1 aliphatic carbocycles. The lowest BCUT2D eigenvalue weighted by Crippen LogP contribution is -2.23. The van der Waals surface area contributed by atoms with Crippen LogP contribution >= 0.6 is 0 Å². The highest BCUT2D eigenvalue weighted by molar-refractivity contribution is 5.84. The molecule has 0 radical (unpaired) electrons. The van der Waals surface area contributed by atoms with Crippen LogP contribution in [0.1, 0.15) is 55.6 Å². The van der Waals surface area contributed by atoms with Gasteiger partial charge in [-0.25, -0.2) is 0 Å². The highest BCUT2D eigenvalue weighted by atomic mass is 19.4. The van der Waals surface area contributed by atoms with Gasteiger partial charge in [0, 0.05) is 18.1 Å². The first-order valence-electron chi connectivity index (χ1n) is 9.92. The maximum Gasteiger partial charge on any atom is 0.458 e. The molecule has 4 heteroatoms. The molecule has 0 spiro atoms. The second-order valence-electron chi connectivity index (χ2n) is 7.67. The summed E-state index contributed by atoms with van der Waals surface area (Å²) in [6, 6.07) is 11.5. The van der Waals surface area contributed by atoms with E-state index in [9.17, 15) is 13.2 Å². The summed E-state index contributed by atoms with van der Waals surface area (Å²) < 4.78 is 42.7. The molecule has 2 aliphatic rings. The molecule has 1 nitrogen and oxygen atoms in total. The first kappa shape index (κ1) is 19.1. The standard InChI is InChI=1S/C24H23F3O/c25-24(26,27)13-12-17-4-5-22-16-21(11-10-20(22)15-17)18-6-8-19(9-7-18)23-3-1-2-14-28-23/h4-5,8,10-11,15-16,18,23H,1-3,6-7,9,14H2. The van der Waals surface area contributed by atoms with E-state index in [1.165, 1.54) is 29.9 Å². The number of rotatable bonds is 2. The Bertz CT molecular complexity index is 940. The minimum Gasteiger partial charge on any atom is -0.374 e. The smallest absolute Gasteiger partial charge is 0.374 e. The van der Waals surface area contributed by atoms with Crippen molar-refractivity contribution in [2.75, 3.05) is 6.61 Å². The molecule has 1 aliphatic heterocycles. The van der Waals surface area contributed by atoms with Gasteiger partial charge in [0.25, 0.3) is 0 Å². The largest absolute Gasteiger partial charge is 0.458 e. The third-order valence-electron chi connectivity index (χ3n) is 5.72. The molecule has 0 saturated carbocycles. The van der Waals surface area contributed by atoms with E-state index < -0.39 is 6.18 Å². The SMILES string of the molecule is FC(F)(F)C#Cc1ccc2cc(C3CC=C(C4CCCCO4)CC3)ccc2c1. The first-order chi connectivity index (χ1) is 13.5. The first-order valence-corrected chi connectivity index (χ1v) is 9.92. The molecule has 2 atom stereocenters. The minimum atomic E-state index is -4.46. The van der Waals surface area contributed by atoms with E-state index in [0.29, 0.717) is 17.6 Å². The fraction of sp³-hybridized carbons (Fsp3) is 0.417. The Kier molecular flexibility index (Phi) is 5.46. The number of fused-ring (bicyclic) bond motifs is 1. The topological polar surface area (TPSA) is 9.23 Å². The summed E-state index contributed by atoms with van der Waals surface area (Å²) in [7, 11) is 0. The van der Waals surface area contributed by atoms with Crippen LogP contribution in [0.15, 0.2) is 48.0 Å². The van der Waals surface area contributed by atoms with E-state index >= 15 is 0 Å². The molecule has 2 aromatic carbocycles. The van der Waals surface area contributed by atoms with E-state index in [2.05, 4.69) is 24.1 Å². The van der Waals surface area contributed by atoms with Crippen molar-refractivity contribution in [3.63, 3.8) is 0 Å². The van der Waals surface area contributed by atoms with E-state index in [0.717, 1.165) is 43.1 Å². The summed E-state index contributed by atoms with van der Waals surface area (Å²) in [6.45, 7) is 0.880. The molecule has 2 unspecified atom stereocenters. The van der Waals surface area contributed by atoms with E-state index in [1.54, 1.807) is 12.1 Å². The van der Waals surface area contributed by atoms with Crippen molar-refractivity contribution in [1.82, 2.24) is 0 Å². The predicted octanol–water partition coefficient (Wildman–Crippen LogP) is 6.52. The predicted molar refractivity (Wildman–Crippen MR) is 105 cm³/mol. The van der Waals surface area contributed by atoms with Crippen molar-refractivity contribution in [2.24, 2.45) is 0 Å². The van der Waals surface area contributed by atoms with E-state index in [1.807, 2.05) is 12.1 Å². The molecule has 0 aromatic heterocycles. The van der Waals surface area contributed by atoms with Crippen LogP contribution in [-0.4, -0.2) is 18.9 Å². The van der Waals surface area contributed by atoms with Gasteiger partial charge in [-0.05, 0) is 78.5 Å². The summed E-state index contributed by atoms with van der Waals surface area (Å²) in [4.78, 5) is 0. The van der Waals surface area contributed by atoms with Crippen LogP contribution in [0.5, 0.6) is 0 Å². The minimum absolute atomic E-state index is 0.322. The van der Waals surface area contributed by atoms with E-state index in [-0.39, 0.29) is 0 Å². The van der Waals surface area contributed by atoms with Gasteiger partial charge in [0.15, 0.2) is 0 Å². The second kappa shape index (κ2) is 8.01. The number of allylic oxidation sites excluding steroid dienone is 1. The quantitative estimate of drug-likeness (QED) is 0.423. The molecular weight excluding hydrogens is 361 g/mol. The van der Waals surface area contributed by atoms with Crippen LogP contribution in [0.25, 0.3) is 10.8 Å². The monoisotopic (exact) mass is 384 g/mol. The highest BCUT2D eigenvalue weighted by Crippen LogP contribution is 2.36.